The number of amides is 1. The Morgan fingerprint density at radius 3 is 2.62 bits per heavy atom. The zero-order valence-corrected chi connectivity index (χ0v) is 12.6. The summed E-state index contributed by atoms with van der Waals surface area (Å²) in [6.45, 7) is 7.19. The minimum atomic E-state index is -0.643. The van der Waals surface area contributed by atoms with Gasteiger partial charge in [0.25, 0.3) is 0 Å². The molecular weight excluding hydrogens is 277 g/mol. The molecule has 0 radical (unpaired) electrons. The monoisotopic (exact) mass is 297 g/mol. The van der Waals surface area contributed by atoms with Gasteiger partial charge in [-0.2, -0.15) is 0 Å². The first-order valence-electron chi connectivity index (χ1n) is 6.58. The molecule has 0 saturated heterocycles. The maximum absolute atomic E-state index is 13.4. The van der Waals surface area contributed by atoms with Gasteiger partial charge in [0.15, 0.2) is 6.29 Å². The topological polar surface area (TPSA) is 64.6 Å². The molecule has 21 heavy (non-hydrogen) atoms. The van der Waals surface area contributed by atoms with Crippen molar-refractivity contribution in [2.75, 3.05) is 6.61 Å². The van der Waals surface area contributed by atoms with E-state index in [0.29, 0.717) is 6.29 Å². The van der Waals surface area contributed by atoms with E-state index in [2.05, 4.69) is 5.32 Å². The second-order valence-electron chi connectivity index (χ2n) is 5.66. The van der Waals surface area contributed by atoms with Crippen molar-refractivity contribution < 1.29 is 23.5 Å². The van der Waals surface area contributed by atoms with Gasteiger partial charge in [0.1, 0.15) is 23.8 Å². The third-order valence-corrected chi connectivity index (χ3v) is 2.36. The Hall–Kier alpha value is -2.11. The fourth-order valence-electron chi connectivity index (χ4n) is 1.46. The zero-order valence-electron chi connectivity index (χ0n) is 12.6. The van der Waals surface area contributed by atoms with E-state index >= 15 is 0 Å². The van der Waals surface area contributed by atoms with Crippen molar-refractivity contribution in [3.05, 3.63) is 29.6 Å². The summed E-state index contributed by atoms with van der Waals surface area (Å²) in [6, 6.07) is 3.65. The molecule has 1 aromatic carbocycles. The Kier molecular flexibility index (Phi) is 5.69. The number of benzene rings is 1. The largest absolute Gasteiger partial charge is 0.491 e. The molecule has 0 fully saturated rings. The van der Waals surface area contributed by atoms with Gasteiger partial charge >= 0.3 is 6.09 Å². The SMILES string of the molecule is C[C@@H](COc1ccc(C=O)c(F)c1)NC(=O)OC(C)(C)C. The van der Waals surface area contributed by atoms with E-state index in [-0.39, 0.29) is 24.0 Å². The lowest BCUT2D eigenvalue weighted by molar-refractivity contribution is 0.0493. The van der Waals surface area contributed by atoms with Gasteiger partial charge in [0.05, 0.1) is 11.6 Å². The average molecular weight is 297 g/mol. The van der Waals surface area contributed by atoms with Crippen molar-refractivity contribution in [3.8, 4) is 5.75 Å². The number of carbonyl (C=O) groups is 2. The fraction of sp³-hybridized carbons (Fsp3) is 0.467. The van der Waals surface area contributed by atoms with Gasteiger partial charge in [-0.05, 0) is 39.8 Å². The van der Waals surface area contributed by atoms with Gasteiger partial charge in [-0.15, -0.1) is 0 Å². The van der Waals surface area contributed by atoms with Crippen molar-refractivity contribution >= 4 is 12.4 Å². The Bertz CT molecular complexity index is 511. The van der Waals surface area contributed by atoms with Crippen molar-refractivity contribution in [2.45, 2.75) is 39.3 Å². The average Bonchev–Trinajstić information content (AvgIpc) is 2.34. The molecule has 0 saturated carbocycles. The third kappa shape index (κ3) is 6.25. The Labute approximate surface area is 123 Å². The lowest BCUT2D eigenvalue weighted by Gasteiger charge is -2.22. The summed E-state index contributed by atoms with van der Waals surface area (Å²) in [7, 11) is 0. The van der Waals surface area contributed by atoms with E-state index in [9.17, 15) is 14.0 Å². The maximum Gasteiger partial charge on any atom is 0.407 e. The molecule has 0 heterocycles. The lowest BCUT2D eigenvalue weighted by Crippen LogP contribution is -2.40. The number of hydrogen-bond donors (Lipinski definition) is 1. The molecule has 0 aromatic heterocycles. The predicted molar refractivity (Wildman–Crippen MR) is 76.1 cm³/mol. The number of alkyl carbamates (subject to hydrolysis) is 1. The van der Waals surface area contributed by atoms with E-state index in [1.807, 2.05) is 0 Å². The minimum Gasteiger partial charge on any atom is -0.491 e. The highest BCUT2D eigenvalue weighted by Gasteiger charge is 2.17. The smallest absolute Gasteiger partial charge is 0.407 e. The first kappa shape index (κ1) is 16.9. The number of aldehydes is 1. The zero-order chi connectivity index (χ0) is 16.0. The number of ether oxygens (including phenoxy) is 2. The van der Waals surface area contributed by atoms with E-state index in [1.165, 1.54) is 12.1 Å². The van der Waals surface area contributed by atoms with Gasteiger partial charge in [-0.25, -0.2) is 9.18 Å². The molecule has 116 valence electrons. The van der Waals surface area contributed by atoms with Crippen LogP contribution in [0.25, 0.3) is 0 Å². The van der Waals surface area contributed by atoms with Crippen molar-refractivity contribution in [2.24, 2.45) is 0 Å². The van der Waals surface area contributed by atoms with Crippen LogP contribution in [0.4, 0.5) is 9.18 Å². The highest BCUT2D eigenvalue weighted by atomic mass is 19.1. The normalized spacial score (nSPS) is 12.4. The van der Waals surface area contributed by atoms with Crippen LogP contribution in [0.2, 0.25) is 0 Å². The summed E-state index contributed by atoms with van der Waals surface area (Å²) in [5, 5.41) is 2.61. The van der Waals surface area contributed by atoms with Crippen LogP contribution in [0.3, 0.4) is 0 Å². The number of halogens is 1. The Balaban J connectivity index is 2.46. The molecule has 1 amide bonds. The minimum absolute atomic E-state index is 0.0257. The van der Waals surface area contributed by atoms with Crippen molar-refractivity contribution in [1.82, 2.24) is 5.32 Å². The number of carbonyl (C=O) groups excluding carboxylic acids is 2. The highest BCUT2D eigenvalue weighted by Crippen LogP contribution is 2.15. The Morgan fingerprint density at radius 2 is 2.10 bits per heavy atom. The van der Waals surface area contributed by atoms with Crippen LogP contribution in [0.5, 0.6) is 5.75 Å². The first-order chi connectivity index (χ1) is 9.71. The molecule has 1 N–H and O–H groups in total. The standard InChI is InChI=1S/C15H20FNO4/c1-10(17-14(19)21-15(2,3)4)9-20-12-6-5-11(8-18)13(16)7-12/h5-8,10H,9H2,1-4H3,(H,17,19)/t10-/m0/s1. The van der Waals surface area contributed by atoms with Gasteiger partial charge in [0, 0.05) is 6.07 Å². The summed E-state index contributed by atoms with van der Waals surface area (Å²) >= 11 is 0. The molecule has 6 heteroatoms. The van der Waals surface area contributed by atoms with Crippen LogP contribution in [-0.2, 0) is 4.74 Å². The summed E-state index contributed by atoms with van der Waals surface area (Å²) in [6.07, 6.45) is -0.104. The summed E-state index contributed by atoms with van der Waals surface area (Å²) < 4.78 is 23.8. The lowest BCUT2D eigenvalue weighted by atomic mass is 10.2. The fourth-order valence-corrected chi connectivity index (χ4v) is 1.46. The predicted octanol–water partition coefficient (Wildman–Crippen LogP) is 2.93. The molecule has 0 aliphatic heterocycles. The van der Waals surface area contributed by atoms with E-state index < -0.39 is 17.5 Å². The molecule has 1 rings (SSSR count). The Morgan fingerprint density at radius 1 is 1.43 bits per heavy atom. The molecular formula is C15H20FNO4. The van der Waals surface area contributed by atoms with E-state index in [0.717, 1.165) is 6.07 Å². The van der Waals surface area contributed by atoms with Crippen LogP contribution in [0, 0.1) is 5.82 Å². The van der Waals surface area contributed by atoms with Crippen molar-refractivity contribution in [3.63, 3.8) is 0 Å². The molecule has 0 bridgehead atoms. The van der Waals surface area contributed by atoms with Crippen molar-refractivity contribution in [1.29, 1.82) is 0 Å². The number of nitrogens with one attached hydrogen (secondary N) is 1. The van der Waals surface area contributed by atoms with Gasteiger partial charge in [-0.3, -0.25) is 4.79 Å². The molecule has 0 spiro atoms. The third-order valence-electron chi connectivity index (χ3n) is 2.36. The molecule has 5 nitrogen and oxygen atoms in total. The summed E-state index contributed by atoms with van der Waals surface area (Å²) in [5.74, 6) is -0.355. The van der Waals surface area contributed by atoms with Crippen LogP contribution < -0.4 is 10.1 Å². The number of rotatable bonds is 5. The maximum atomic E-state index is 13.4. The van der Waals surface area contributed by atoms with Crippen LogP contribution in [-0.4, -0.2) is 30.6 Å². The second-order valence-corrected chi connectivity index (χ2v) is 5.66. The first-order valence-corrected chi connectivity index (χ1v) is 6.58. The van der Waals surface area contributed by atoms with E-state index in [4.69, 9.17) is 9.47 Å². The van der Waals surface area contributed by atoms with Gasteiger partial charge in [-0.1, -0.05) is 0 Å². The van der Waals surface area contributed by atoms with Gasteiger partial charge in [0.2, 0.25) is 0 Å². The molecule has 1 atom stereocenters. The molecule has 1 aromatic rings. The quantitative estimate of drug-likeness (QED) is 0.849. The molecule has 0 unspecified atom stereocenters. The summed E-state index contributed by atoms with van der Waals surface area (Å²) in [5.41, 5.74) is -0.597. The molecule has 0 aliphatic rings. The van der Waals surface area contributed by atoms with E-state index in [1.54, 1.807) is 27.7 Å². The second kappa shape index (κ2) is 7.06. The summed E-state index contributed by atoms with van der Waals surface area (Å²) in [4.78, 5) is 22.0. The van der Waals surface area contributed by atoms with Gasteiger partial charge < -0.3 is 14.8 Å². The van der Waals surface area contributed by atoms with Crippen LogP contribution >= 0.6 is 0 Å². The number of hydrogen-bond acceptors (Lipinski definition) is 4. The van der Waals surface area contributed by atoms with Crippen LogP contribution in [0.1, 0.15) is 38.1 Å². The highest BCUT2D eigenvalue weighted by molar-refractivity contribution is 5.75. The van der Waals surface area contributed by atoms with Crippen LogP contribution in [0.15, 0.2) is 18.2 Å². The molecule has 0 aliphatic carbocycles.